The first-order chi connectivity index (χ1) is 16.6. The Hall–Kier alpha value is -1.64. The van der Waals surface area contributed by atoms with E-state index in [0.29, 0.717) is 11.8 Å². The molecule has 4 atom stereocenters. The monoisotopic (exact) mass is 468 g/mol. The molecule has 0 amide bonds. The smallest absolute Gasteiger partial charge is 0.314 e. The van der Waals surface area contributed by atoms with Crippen LogP contribution in [0.15, 0.2) is 30.9 Å². The molecule has 2 nitrogen and oxygen atoms in total. The van der Waals surface area contributed by atoms with E-state index in [9.17, 15) is 9.18 Å². The van der Waals surface area contributed by atoms with Gasteiger partial charge in [-0.15, -0.1) is 6.58 Å². The topological polar surface area (TPSA) is 26.3 Å². The first-order valence-corrected chi connectivity index (χ1v) is 14.2. The number of fused-ring (bicyclic) bond motifs is 1. The number of aryl methyl sites for hydroxylation is 1. The molecule has 0 aliphatic heterocycles. The van der Waals surface area contributed by atoms with Crippen LogP contribution in [0.4, 0.5) is 4.39 Å². The van der Waals surface area contributed by atoms with Gasteiger partial charge in [0.05, 0.1) is 5.92 Å². The Morgan fingerprint density at radius 1 is 1.06 bits per heavy atom. The Bertz CT molecular complexity index is 810. The van der Waals surface area contributed by atoms with Gasteiger partial charge in [0.25, 0.3) is 0 Å². The fraction of sp³-hybridized carbons (Fsp3) is 0.710. The maximum atomic E-state index is 14.6. The second-order valence-electron chi connectivity index (χ2n) is 11.5. The zero-order valence-electron chi connectivity index (χ0n) is 21.3. The molecule has 0 spiro atoms. The summed E-state index contributed by atoms with van der Waals surface area (Å²) >= 11 is 0. The number of hydrogen-bond donors (Lipinski definition) is 0. The number of unbranched alkanes of at least 4 members (excludes halogenated alkanes) is 1. The van der Waals surface area contributed by atoms with Crippen molar-refractivity contribution in [1.82, 2.24) is 0 Å². The molecule has 188 valence electrons. The van der Waals surface area contributed by atoms with Gasteiger partial charge in [-0.3, -0.25) is 4.79 Å². The lowest BCUT2D eigenvalue weighted by molar-refractivity contribution is -0.144. The Morgan fingerprint density at radius 2 is 1.85 bits per heavy atom. The first-order valence-electron chi connectivity index (χ1n) is 14.2. The van der Waals surface area contributed by atoms with Crippen molar-refractivity contribution in [3.05, 3.63) is 42.2 Å². The molecule has 4 rings (SSSR count). The molecule has 0 bridgehead atoms. The van der Waals surface area contributed by atoms with Crippen LogP contribution in [0.3, 0.4) is 0 Å². The molecule has 0 saturated heterocycles. The largest absolute Gasteiger partial charge is 0.423 e. The highest BCUT2D eigenvalue weighted by Crippen LogP contribution is 2.50. The molecular weight excluding hydrogens is 423 g/mol. The summed E-state index contributed by atoms with van der Waals surface area (Å²) in [5, 5.41) is 0. The summed E-state index contributed by atoms with van der Waals surface area (Å²) in [6, 6.07) is 4.98. The van der Waals surface area contributed by atoms with E-state index in [1.54, 1.807) is 6.07 Å². The molecule has 3 saturated carbocycles. The predicted molar refractivity (Wildman–Crippen MR) is 137 cm³/mol. The SMILES string of the molecule is C=CCCc1ccc(OC(=O)C2CCCC3CC(C4CCC(CCCC)CC4)CCC32)c(F)c1. The van der Waals surface area contributed by atoms with E-state index in [-0.39, 0.29) is 17.6 Å². The second kappa shape index (κ2) is 12.4. The molecule has 3 fully saturated rings. The molecule has 0 radical (unpaired) electrons. The van der Waals surface area contributed by atoms with E-state index in [1.165, 1.54) is 70.3 Å². The van der Waals surface area contributed by atoms with Crippen LogP contribution in [0.2, 0.25) is 0 Å². The van der Waals surface area contributed by atoms with Crippen molar-refractivity contribution < 1.29 is 13.9 Å². The molecule has 3 heteroatoms. The third-order valence-electron chi connectivity index (χ3n) is 9.36. The lowest BCUT2D eigenvalue weighted by Gasteiger charge is -2.46. The van der Waals surface area contributed by atoms with Gasteiger partial charge in [0.1, 0.15) is 0 Å². The van der Waals surface area contributed by atoms with E-state index in [1.807, 2.05) is 12.1 Å². The fourth-order valence-corrected chi connectivity index (χ4v) is 7.40. The minimum atomic E-state index is -0.430. The molecule has 3 aliphatic carbocycles. The summed E-state index contributed by atoms with van der Waals surface area (Å²) in [6.45, 7) is 6.02. The highest BCUT2D eigenvalue weighted by Gasteiger charge is 2.43. The van der Waals surface area contributed by atoms with Gasteiger partial charge in [0, 0.05) is 0 Å². The van der Waals surface area contributed by atoms with Crippen LogP contribution in [0.5, 0.6) is 5.75 Å². The Kier molecular flexibility index (Phi) is 9.25. The molecule has 3 aliphatic rings. The highest BCUT2D eigenvalue weighted by atomic mass is 19.1. The van der Waals surface area contributed by atoms with Crippen LogP contribution >= 0.6 is 0 Å². The van der Waals surface area contributed by atoms with E-state index in [4.69, 9.17) is 4.74 Å². The van der Waals surface area contributed by atoms with Crippen molar-refractivity contribution in [3.8, 4) is 5.75 Å². The summed E-state index contributed by atoms with van der Waals surface area (Å²) in [5.41, 5.74) is 0.910. The number of hydrogen-bond acceptors (Lipinski definition) is 2. The average Bonchev–Trinajstić information content (AvgIpc) is 2.87. The van der Waals surface area contributed by atoms with Gasteiger partial charge in [-0.2, -0.15) is 0 Å². The highest BCUT2D eigenvalue weighted by molar-refractivity contribution is 5.75. The van der Waals surface area contributed by atoms with Crippen molar-refractivity contribution in [1.29, 1.82) is 0 Å². The number of carbonyl (C=O) groups is 1. The number of ether oxygens (including phenoxy) is 1. The molecule has 0 N–H and O–H groups in total. The lowest BCUT2D eigenvalue weighted by Crippen LogP contribution is -2.40. The standard InChI is InChI=1S/C31H45FO2/c1-3-5-8-22-12-15-24(16-13-22)25-17-18-27-26(21-25)10-7-11-28(27)31(33)34-30-19-14-23(9-6-4-2)20-29(30)32/h4,14,19-20,22,24-28H,2-3,5-13,15-18,21H2,1H3. The Balaban J connectivity index is 1.30. The zero-order valence-corrected chi connectivity index (χ0v) is 21.3. The summed E-state index contributed by atoms with van der Waals surface area (Å²) in [5.74, 6) is 3.18. The van der Waals surface area contributed by atoms with Crippen molar-refractivity contribution in [3.63, 3.8) is 0 Å². The predicted octanol–water partition coefficient (Wildman–Crippen LogP) is 8.68. The third-order valence-corrected chi connectivity index (χ3v) is 9.36. The van der Waals surface area contributed by atoms with Crippen molar-refractivity contribution >= 4 is 5.97 Å². The molecule has 34 heavy (non-hydrogen) atoms. The van der Waals surface area contributed by atoms with E-state index in [2.05, 4.69) is 13.5 Å². The summed E-state index contributed by atoms with van der Waals surface area (Å²) < 4.78 is 20.2. The van der Waals surface area contributed by atoms with E-state index >= 15 is 0 Å². The molecule has 4 unspecified atom stereocenters. The number of benzene rings is 1. The molecule has 1 aromatic rings. The van der Waals surface area contributed by atoms with Gasteiger partial charge in [0.15, 0.2) is 11.6 Å². The van der Waals surface area contributed by atoms with Gasteiger partial charge in [-0.25, -0.2) is 4.39 Å². The van der Waals surface area contributed by atoms with Crippen LogP contribution in [0.1, 0.15) is 102 Å². The van der Waals surface area contributed by atoms with Crippen LogP contribution in [-0.4, -0.2) is 5.97 Å². The van der Waals surface area contributed by atoms with Crippen molar-refractivity contribution in [2.45, 2.75) is 103 Å². The molecule has 0 aromatic heterocycles. The van der Waals surface area contributed by atoms with Crippen molar-refractivity contribution in [2.24, 2.45) is 35.5 Å². The molecule has 0 heterocycles. The first kappa shape index (κ1) is 25.5. The average molecular weight is 469 g/mol. The van der Waals surface area contributed by atoms with Crippen molar-refractivity contribution in [2.75, 3.05) is 0 Å². The van der Waals surface area contributed by atoms with E-state index < -0.39 is 5.82 Å². The lowest BCUT2D eigenvalue weighted by atomic mass is 9.59. The number of esters is 1. The maximum Gasteiger partial charge on any atom is 0.314 e. The van der Waals surface area contributed by atoms with Crippen LogP contribution in [-0.2, 0) is 11.2 Å². The third kappa shape index (κ3) is 6.32. The Morgan fingerprint density at radius 3 is 2.59 bits per heavy atom. The summed E-state index contributed by atoms with van der Waals surface area (Å²) in [4.78, 5) is 13.1. The number of carbonyl (C=O) groups excluding carboxylic acids is 1. The van der Waals surface area contributed by atoms with Crippen LogP contribution in [0, 0.1) is 41.3 Å². The van der Waals surface area contributed by atoms with Crippen LogP contribution in [0.25, 0.3) is 0 Å². The van der Waals surface area contributed by atoms with Gasteiger partial charge < -0.3 is 4.74 Å². The summed E-state index contributed by atoms with van der Waals surface area (Å²) in [7, 11) is 0. The second-order valence-corrected chi connectivity index (χ2v) is 11.5. The van der Waals surface area contributed by atoms with Gasteiger partial charge in [-0.05, 0) is 98.7 Å². The van der Waals surface area contributed by atoms with Gasteiger partial charge >= 0.3 is 5.97 Å². The molecule has 1 aromatic carbocycles. The zero-order chi connectivity index (χ0) is 23.9. The number of rotatable bonds is 9. The number of allylic oxidation sites excluding steroid dienone is 1. The van der Waals surface area contributed by atoms with Gasteiger partial charge in [-0.1, -0.05) is 64.0 Å². The van der Waals surface area contributed by atoms with Crippen LogP contribution < -0.4 is 4.74 Å². The normalized spacial score (nSPS) is 31.5. The minimum absolute atomic E-state index is 0.0654. The number of halogens is 1. The molecular formula is C31H45FO2. The maximum absolute atomic E-state index is 14.6. The summed E-state index contributed by atoms with van der Waals surface area (Å²) in [6.07, 6.45) is 20.2. The quantitative estimate of drug-likeness (QED) is 0.206. The Labute approximate surface area is 206 Å². The van der Waals surface area contributed by atoms with E-state index in [0.717, 1.165) is 55.4 Å². The van der Waals surface area contributed by atoms with Gasteiger partial charge in [0.2, 0.25) is 0 Å². The minimum Gasteiger partial charge on any atom is -0.423 e. The fourth-order valence-electron chi connectivity index (χ4n) is 7.40.